The Morgan fingerprint density at radius 1 is 1.06 bits per heavy atom. The van der Waals surface area contributed by atoms with Crippen LogP contribution in [0.4, 0.5) is 0 Å². The van der Waals surface area contributed by atoms with Gasteiger partial charge in [-0.3, -0.25) is 4.79 Å². The number of carbonyl (C=O) groups excluding carboxylic acids is 1. The maximum atomic E-state index is 11.4. The summed E-state index contributed by atoms with van der Waals surface area (Å²) in [4.78, 5) is 10.0. The molecule has 0 spiro atoms. The Morgan fingerprint density at radius 3 is 2.35 bits per heavy atom. The van der Waals surface area contributed by atoms with Crippen LogP contribution in [0.3, 0.4) is 0 Å². The molecule has 17 heavy (non-hydrogen) atoms. The van der Waals surface area contributed by atoms with Gasteiger partial charge in [0.15, 0.2) is 0 Å². The second-order valence-electron chi connectivity index (χ2n) is 3.16. The van der Waals surface area contributed by atoms with Gasteiger partial charge in [-0.25, -0.2) is 0 Å². The molecule has 0 fully saturated rings. The van der Waals surface area contributed by atoms with Gasteiger partial charge in [-0.2, -0.15) is 8.42 Å². The minimum atomic E-state index is -3.97. The number of fused-ring (bicyclic) bond motifs is 1. The van der Waals surface area contributed by atoms with E-state index < -0.39 is 10.1 Å². The molecule has 0 N–H and O–H groups in total. The van der Waals surface area contributed by atoms with Gasteiger partial charge in [-0.05, 0) is 22.9 Å². The van der Waals surface area contributed by atoms with Crippen molar-refractivity contribution in [3.63, 3.8) is 0 Å². The smallest absolute Gasteiger partial charge is 1.00 e. The fourth-order valence-corrected chi connectivity index (χ4v) is 2.15. The summed E-state index contributed by atoms with van der Waals surface area (Å²) < 4.78 is 26.9. The molecule has 2 aromatic rings. The molecular weight excluding hydrogens is 251 g/mol. The van der Waals surface area contributed by atoms with E-state index >= 15 is 0 Å². The van der Waals surface area contributed by atoms with E-state index in [9.17, 15) is 13.2 Å². The van der Waals surface area contributed by atoms with Crippen LogP contribution in [0.25, 0.3) is 10.8 Å². The van der Waals surface area contributed by atoms with E-state index in [1.165, 1.54) is 12.1 Å². The topological polar surface area (TPSA) is 60.4 Å². The van der Waals surface area contributed by atoms with E-state index in [4.69, 9.17) is 0 Å². The average Bonchev–Trinajstić information content (AvgIpc) is 2.28. The monoisotopic (exact) mass is 260 g/mol. The Kier molecular flexibility index (Phi) is 4.70. The summed E-state index contributed by atoms with van der Waals surface area (Å²) in [7, 11) is -3.97. The SMILES string of the molecule is O=COS(=O)(=O)c1ccc2ccccc2c1.[H-].[Na+]. The molecule has 0 amide bonds. The van der Waals surface area contributed by atoms with E-state index in [0.29, 0.717) is 0 Å². The number of hydrogen-bond acceptors (Lipinski definition) is 4. The summed E-state index contributed by atoms with van der Waals surface area (Å²) in [5.41, 5.74) is 0. The van der Waals surface area contributed by atoms with Crippen LogP contribution in [0.5, 0.6) is 0 Å². The number of rotatable bonds is 3. The first-order valence-electron chi connectivity index (χ1n) is 4.49. The second kappa shape index (κ2) is 5.64. The van der Waals surface area contributed by atoms with Crippen LogP contribution in [0.15, 0.2) is 47.4 Å². The van der Waals surface area contributed by atoms with Gasteiger partial charge in [0.1, 0.15) is 4.90 Å². The molecule has 0 saturated heterocycles. The molecule has 0 atom stereocenters. The molecule has 0 radical (unpaired) electrons. The molecule has 0 heterocycles. The van der Waals surface area contributed by atoms with Crippen molar-refractivity contribution < 1.29 is 48.4 Å². The zero-order valence-corrected chi connectivity index (χ0v) is 12.0. The molecule has 0 bridgehead atoms. The van der Waals surface area contributed by atoms with Gasteiger partial charge < -0.3 is 5.61 Å². The Balaban J connectivity index is 0.00000144. The van der Waals surface area contributed by atoms with Gasteiger partial charge >= 0.3 is 46.1 Å². The molecule has 0 aliphatic carbocycles. The summed E-state index contributed by atoms with van der Waals surface area (Å²) in [5.74, 6) is 0. The van der Waals surface area contributed by atoms with Crippen LogP contribution < -0.4 is 29.6 Å². The zero-order chi connectivity index (χ0) is 11.6. The number of hydrogen-bond donors (Lipinski definition) is 0. The number of benzene rings is 2. The standard InChI is InChI=1S/C11H8O4S.Na.H/c12-8-15-16(13,14)11-6-5-9-3-1-2-4-10(9)7-11;;/h1-8H;;/q;+1;-1. The molecule has 0 aliphatic heterocycles. The summed E-state index contributed by atoms with van der Waals surface area (Å²) in [6, 6.07) is 11.9. The first-order valence-corrected chi connectivity index (χ1v) is 5.90. The first kappa shape index (κ1) is 14.2. The van der Waals surface area contributed by atoms with Crippen molar-refractivity contribution in [2.45, 2.75) is 4.90 Å². The van der Waals surface area contributed by atoms with Crippen LogP contribution >= 0.6 is 0 Å². The molecule has 2 rings (SSSR count). The third-order valence-electron chi connectivity index (χ3n) is 2.18. The van der Waals surface area contributed by atoms with Gasteiger partial charge in [0.2, 0.25) is 0 Å². The van der Waals surface area contributed by atoms with Crippen molar-refractivity contribution in [2.75, 3.05) is 0 Å². The van der Waals surface area contributed by atoms with Crippen LogP contribution in [-0.4, -0.2) is 14.9 Å². The van der Waals surface area contributed by atoms with E-state index in [0.717, 1.165) is 10.8 Å². The van der Waals surface area contributed by atoms with E-state index in [-0.39, 0.29) is 42.4 Å². The minimum Gasteiger partial charge on any atom is -1.00 e. The molecular formula is C11H9NaO4S. The number of carbonyl (C=O) groups is 1. The Hall–Kier alpha value is -0.880. The zero-order valence-electron chi connectivity index (χ0n) is 10.2. The third kappa shape index (κ3) is 3.07. The molecule has 0 unspecified atom stereocenters. The second-order valence-corrected chi connectivity index (χ2v) is 4.73. The van der Waals surface area contributed by atoms with E-state index in [1.54, 1.807) is 18.2 Å². The van der Waals surface area contributed by atoms with Crippen LogP contribution in [0, 0.1) is 0 Å². The summed E-state index contributed by atoms with van der Waals surface area (Å²) >= 11 is 0. The van der Waals surface area contributed by atoms with Crippen molar-refractivity contribution in [1.29, 1.82) is 0 Å². The fourth-order valence-electron chi connectivity index (χ4n) is 1.43. The van der Waals surface area contributed by atoms with Crippen molar-refractivity contribution in [2.24, 2.45) is 0 Å². The first-order chi connectivity index (χ1) is 7.63. The molecule has 6 heteroatoms. The molecule has 0 aromatic heterocycles. The maximum absolute atomic E-state index is 11.4. The largest absolute Gasteiger partial charge is 1.00 e. The Labute approximate surface area is 122 Å². The van der Waals surface area contributed by atoms with E-state index in [1.807, 2.05) is 12.1 Å². The van der Waals surface area contributed by atoms with Crippen molar-refractivity contribution in [3.05, 3.63) is 42.5 Å². The average molecular weight is 260 g/mol. The predicted octanol–water partition coefficient (Wildman–Crippen LogP) is -1.18. The normalized spacial score (nSPS) is 10.6. The Morgan fingerprint density at radius 2 is 1.71 bits per heavy atom. The maximum Gasteiger partial charge on any atom is 1.00 e. The third-order valence-corrected chi connectivity index (χ3v) is 3.34. The van der Waals surface area contributed by atoms with Crippen LogP contribution in [-0.2, 0) is 19.1 Å². The Bertz CT molecular complexity index is 642. The van der Waals surface area contributed by atoms with Gasteiger partial charge in [0, 0.05) is 0 Å². The summed E-state index contributed by atoms with van der Waals surface area (Å²) in [6.45, 7) is -0.0927. The predicted molar refractivity (Wildman–Crippen MR) is 59.4 cm³/mol. The molecule has 0 aliphatic rings. The minimum absolute atomic E-state index is 0. The molecule has 2 aromatic carbocycles. The molecule has 84 valence electrons. The van der Waals surface area contributed by atoms with Crippen molar-refractivity contribution in [1.82, 2.24) is 0 Å². The van der Waals surface area contributed by atoms with Crippen LogP contribution in [0.1, 0.15) is 1.43 Å². The van der Waals surface area contributed by atoms with Crippen molar-refractivity contribution in [3.8, 4) is 0 Å². The summed E-state index contributed by atoms with van der Waals surface area (Å²) in [6.07, 6.45) is 0. The van der Waals surface area contributed by atoms with Gasteiger partial charge in [-0.1, -0.05) is 30.3 Å². The van der Waals surface area contributed by atoms with Crippen molar-refractivity contribution >= 4 is 27.4 Å². The molecule has 0 saturated carbocycles. The fraction of sp³-hybridized carbons (Fsp3) is 0. The van der Waals surface area contributed by atoms with Crippen LogP contribution in [0.2, 0.25) is 0 Å². The summed E-state index contributed by atoms with van der Waals surface area (Å²) in [5, 5.41) is 1.70. The molecule has 4 nitrogen and oxygen atoms in total. The van der Waals surface area contributed by atoms with Gasteiger partial charge in [0.05, 0.1) is 0 Å². The van der Waals surface area contributed by atoms with Gasteiger partial charge in [-0.15, -0.1) is 0 Å². The van der Waals surface area contributed by atoms with Gasteiger partial charge in [0.25, 0.3) is 0 Å². The quantitative estimate of drug-likeness (QED) is 0.396. The van der Waals surface area contributed by atoms with E-state index in [2.05, 4.69) is 4.18 Å².